The highest BCUT2D eigenvalue weighted by atomic mass is 32.1. The molecule has 1 aromatic heterocycles. The molecule has 3 aromatic rings. The van der Waals surface area contributed by atoms with Crippen LogP contribution in [0.1, 0.15) is 71.0 Å². The van der Waals surface area contributed by atoms with E-state index < -0.39 is 0 Å². The van der Waals surface area contributed by atoms with E-state index in [9.17, 15) is 4.79 Å². The third-order valence-electron chi connectivity index (χ3n) is 7.05. The number of thiophene rings is 1. The summed E-state index contributed by atoms with van der Waals surface area (Å²) in [5.74, 6) is 1.37. The molecule has 2 saturated carbocycles. The van der Waals surface area contributed by atoms with Crippen molar-refractivity contribution in [3.8, 4) is 11.1 Å². The fourth-order valence-electron chi connectivity index (χ4n) is 4.75. The molecule has 1 aliphatic heterocycles. The number of nitrogens with zero attached hydrogens (tertiary/aromatic N) is 2. The van der Waals surface area contributed by atoms with Crippen molar-refractivity contribution in [2.75, 3.05) is 7.05 Å². The first-order valence-electron chi connectivity index (χ1n) is 11.5. The predicted molar refractivity (Wildman–Crippen MR) is 130 cm³/mol. The Kier molecular flexibility index (Phi) is 4.68. The fourth-order valence-corrected chi connectivity index (χ4v) is 5.74. The summed E-state index contributed by atoms with van der Waals surface area (Å²) in [4.78, 5) is 20.7. The summed E-state index contributed by atoms with van der Waals surface area (Å²) in [6.07, 6.45) is 5.14. The fraction of sp³-hybridized carbons (Fsp3) is 0.333. The quantitative estimate of drug-likeness (QED) is 0.545. The Hall–Kier alpha value is -2.92. The summed E-state index contributed by atoms with van der Waals surface area (Å²) in [7, 11) is 1.71. The van der Waals surface area contributed by atoms with Crippen molar-refractivity contribution in [1.82, 2.24) is 4.90 Å². The van der Waals surface area contributed by atoms with Crippen molar-refractivity contribution in [2.24, 2.45) is 10.7 Å². The first kappa shape index (κ1) is 19.7. The van der Waals surface area contributed by atoms with Crippen LogP contribution in [0, 0.1) is 0 Å². The summed E-state index contributed by atoms with van der Waals surface area (Å²) in [5, 5.41) is 2.18. The Morgan fingerprint density at radius 3 is 2.31 bits per heavy atom. The zero-order chi connectivity index (χ0) is 21.8. The smallest absolute Gasteiger partial charge is 0.239 e. The number of rotatable bonds is 5. The Labute approximate surface area is 192 Å². The van der Waals surface area contributed by atoms with Crippen LogP contribution in [0.4, 0.5) is 0 Å². The lowest BCUT2D eigenvalue weighted by Crippen LogP contribution is -2.46. The second-order valence-corrected chi connectivity index (χ2v) is 10.3. The Morgan fingerprint density at radius 1 is 0.906 bits per heavy atom. The predicted octanol–water partition coefficient (Wildman–Crippen LogP) is 5.78. The maximum atomic E-state index is 13.3. The van der Waals surface area contributed by atoms with Crippen molar-refractivity contribution in [3.05, 3.63) is 81.5 Å². The van der Waals surface area contributed by atoms with E-state index in [-0.39, 0.29) is 23.8 Å². The number of likely N-dealkylation sites (N-methyl/N-ethyl adjacent to an activating group) is 1. The summed E-state index contributed by atoms with van der Waals surface area (Å²) in [6.45, 7) is 0. The second-order valence-electron chi connectivity index (χ2n) is 9.39. The van der Waals surface area contributed by atoms with Gasteiger partial charge in [0.15, 0.2) is 5.96 Å². The molecule has 3 aliphatic rings. The van der Waals surface area contributed by atoms with Gasteiger partial charge in [-0.15, -0.1) is 11.3 Å². The Morgan fingerprint density at radius 2 is 1.59 bits per heavy atom. The molecule has 5 heteroatoms. The van der Waals surface area contributed by atoms with Crippen LogP contribution >= 0.6 is 11.3 Å². The molecule has 0 saturated heterocycles. The minimum absolute atomic E-state index is 0.00681. The minimum atomic E-state index is -0.357. The largest absolute Gasteiger partial charge is 0.369 e. The maximum Gasteiger partial charge on any atom is 0.239 e. The Balaban J connectivity index is 1.36. The molecular formula is C27H27N3OS. The van der Waals surface area contributed by atoms with Crippen LogP contribution in [-0.2, 0) is 4.79 Å². The van der Waals surface area contributed by atoms with Crippen molar-refractivity contribution < 1.29 is 4.79 Å². The van der Waals surface area contributed by atoms with Gasteiger partial charge in [-0.2, -0.15) is 0 Å². The van der Waals surface area contributed by atoms with E-state index in [1.807, 2.05) is 0 Å². The lowest BCUT2D eigenvalue weighted by molar-refractivity contribution is -0.129. The number of benzene rings is 2. The third-order valence-corrected chi connectivity index (χ3v) is 8.05. The third kappa shape index (κ3) is 3.55. The van der Waals surface area contributed by atoms with Gasteiger partial charge in [0.25, 0.3) is 0 Å². The summed E-state index contributed by atoms with van der Waals surface area (Å²) < 4.78 is 0. The molecule has 1 unspecified atom stereocenters. The first-order valence-corrected chi connectivity index (χ1v) is 12.4. The SMILES string of the molecule is CN1C(=O)C(c2ccc(C3CC3)cc2)[C@@H](c2cc(-c3cccc(C4CC4)c3)cs2)N=C1N. The van der Waals surface area contributed by atoms with Gasteiger partial charge in [0.2, 0.25) is 5.91 Å². The number of hydrogen-bond donors (Lipinski definition) is 1. The number of carbonyl (C=O) groups is 1. The van der Waals surface area contributed by atoms with E-state index in [2.05, 4.69) is 60.0 Å². The molecule has 2 fully saturated rings. The zero-order valence-corrected chi connectivity index (χ0v) is 19.0. The molecule has 2 aromatic carbocycles. The van der Waals surface area contributed by atoms with Crippen LogP contribution < -0.4 is 5.73 Å². The average Bonchev–Trinajstić information content (AvgIpc) is 3.75. The van der Waals surface area contributed by atoms with Crippen molar-refractivity contribution >= 4 is 23.2 Å². The van der Waals surface area contributed by atoms with Gasteiger partial charge < -0.3 is 5.73 Å². The molecule has 2 N–H and O–H groups in total. The van der Waals surface area contributed by atoms with Crippen molar-refractivity contribution in [2.45, 2.75) is 49.5 Å². The Bertz CT molecular complexity index is 1200. The van der Waals surface area contributed by atoms with E-state index in [1.165, 1.54) is 52.8 Å². The highest BCUT2D eigenvalue weighted by Gasteiger charge is 2.39. The van der Waals surface area contributed by atoms with Gasteiger partial charge in [0.05, 0.1) is 5.92 Å². The van der Waals surface area contributed by atoms with E-state index >= 15 is 0 Å². The number of aliphatic imine (C=N–C) groups is 1. The molecule has 4 nitrogen and oxygen atoms in total. The van der Waals surface area contributed by atoms with Gasteiger partial charge in [0.1, 0.15) is 6.04 Å². The standard InChI is InChI=1S/C27H27N3OS/c1-30-26(31)24(19-11-9-17(10-12-19)16-5-6-16)25(29-27(30)28)23-14-22(15-32-23)21-4-2-3-20(13-21)18-7-8-18/h2-4,9-16,18,24-25H,5-8H2,1H3,(H2,28,29)/t24?,25-/m1/s1. The molecule has 0 spiro atoms. The highest BCUT2D eigenvalue weighted by Crippen LogP contribution is 2.45. The van der Waals surface area contributed by atoms with Crippen molar-refractivity contribution in [1.29, 1.82) is 0 Å². The number of amides is 1. The molecule has 6 rings (SSSR count). The van der Waals surface area contributed by atoms with E-state index in [4.69, 9.17) is 10.7 Å². The lowest BCUT2D eigenvalue weighted by Gasteiger charge is -2.32. The van der Waals surface area contributed by atoms with Crippen LogP contribution in [0.3, 0.4) is 0 Å². The van der Waals surface area contributed by atoms with Crippen LogP contribution in [0.25, 0.3) is 11.1 Å². The molecule has 2 aliphatic carbocycles. The number of nitrogens with two attached hydrogens (primary N) is 1. The highest BCUT2D eigenvalue weighted by molar-refractivity contribution is 7.10. The van der Waals surface area contributed by atoms with Crippen LogP contribution in [-0.4, -0.2) is 23.8 Å². The number of hydrogen-bond acceptors (Lipinski definition) is 4. The summed E-state index contributed by atoms with van der Waals surface area (Å²) >= 11 is 1.67. The molecule has 2 atom stereocenters. The lowest BCUT2D eigenvalue weighted by atomic mass is 9.87. The molecule has 32 heavy (non-hydrogen) atoms. The summed E-state index contributed by atoms with van der Waals surface area (Å²) in [5.41, 5.74) is 12.4. The van der Waals surface area contributed by atoms with Crippen molar-refractivity contribution in [3.63, 3.8) is 0 Å². The van der Waals surface area contributed by atoms with E-state index in [1.54, 1.807) is 18.4 Å². The van der Waals surface area contributed by atoms with Gasteiger partial charge in [-0.25, -0.2) is 4.99 Å². The monoisotopic (exact) mass is 441 g/mol. The van der Waals surface area contributed by atoms with Crippen LogP contribution in [0.5, 0.6) is 0 Å². The van der Waals surface area contributed by atoms with Gasteiger partial charge in [-0.05, 0) is 76.8 Å². The molecular weight excluding hydrogens is 414 g/mol. The topological polar surface area (TPSA) is 58.7 Å². The second kappa shape index (κ2) is 7.59. The minimum Gasteiger partial charge on any atom is -0.369 e. The van der Waals surface area contributed by atoms with E-state index in [0.717, 1.165) is 16.4 Å². The molecule has 162 valence electrons. The molecule has 0 radical (unpaired) electrons. The van der Waals surface area contributed by atoms with Crippen LogP contribution in [0.2, 0.25) is 0 Å². The molecule has 1 amide bonds. The van der Waals surface area contributed by atoms with Gasteiger partial charge >= 0.3 is 0 Å². The number of carbonyl (C=O) groups excluding carboxylic acids is 1. The van der Waals surface area contributed by atoms with Crippen LogP contribution in [0.15, 0.2) is 65.0 Å². The maximum absolute atomic E-state index is 13.3. The molecule has 2 heterocycles. The molecule has 0 bridgehead atoms. The normalized spacial score (nSPS) is 23.3. The van der Waals surface area contributed by atoms with Gasteiger partial charge in [-0.3, -0.25) is 9.69 Å². The van der Waals surface area contributed by atoms with E-state index in [0.29, 0.717) is 5.92 Å². The van der Waals surface area contributed by atoms with Gasteiger partial charge in [0, 0.05) is 11.9 Å². The van der Waals surface area contributed by atoms with Gasteiger partial charge in [-0.1, -0.05) is 48.5 Å². The number of guanidine groups is 1. The summed E-state index contributed by atoms with van der Waals surface area (Å²) in [6, 6.07) is 19.4. The first-order chi connectivity index (χ1) is 15.6. The average molecular weight is 442 g/mol. The zero-order valence-electron chi connectivity index (χ0n) is 18.2.